The number of hydrogen-bond donors (Lipinski definition) is 2. The molecule has 0 aliphatic heterocycles. The second-order valence-corrected chi connectivity index (χ2v) is 6.52. The van der Waals surface area contributed by atoms with Crippen LogP contribution in [0.2, 0.25) is 0 Å². The van der Waals surface area contributed by atoms with E-state index < -0.39 is 17.6 Å². The Hall–Kier alpha value is -3.26. The van der Waals surface area contributed by atoms with Crippen molar-refractivity contribution in [2.75, 3.05) is 7.11 Å². The molecule has 1 aromatic carbocycles. The summed E-state index contributed by atoms with van der Waals surface area (Å²) in [5.74, 6) is -1.15. The molecule has 0 saturated carbocycles. The Morgan fingerprint density at radius 2 is 2.00 bits per heavy atom. The van der Waals surface area contributed by atoms with E-state index in [1.165, 1.54) is 25.4 Å². The second kappa shape index (κ2) is 8.18. The fraction of sp³-hybridized carbons (Fsp3) is 0.250. The van der Waals surface area contributed by atoms with Crippen molar-refractivity contribution in [2.24, 2.45) is 5.92 Å². The van der Waals surface area contributed by atoms with E-state index in [4.69, 9.17) is 14.7 Å². The lowest BCUT2D eigenvalue weighted by molar-refractivity contribution is -0.131. The average molecular weight is 385 g/mol. The molecule has 1 atom stereocenters. The van der Waals surface area contributed by atoms with Crippen LogP contribution in [0.5, 0.6) is 17.4 Å². The predicted molar refractivity (Wildman–Crippen MR) is 100 cm³/mol. The molecule has 1 unspecified atom stereocenters. The van der Waals surface area contributed by atoms with Gasteiger partial charge >= 0.3 is 0 Å². The molecule has 1 amide bonds. The van der Waals surface area contributed by atoms with Gasteiger partial charge in [-0.3, -0.25) is 10.0 Å². The number of methoxy groups -OCH3 is 1. The summed E-state index contributed by atoms with van der Waals surface area (Å²) in [7, 11) is 1.51. The largest absolute Gasteiger partial charge is 0.481 e. The minimum atomic E-state index is -0.822. The number of hydrogen-bond acceptors (Lipinski definition) is 6. The van der Waals surface area contributed by atoms with Gasteiger partial charge in [0, 0.05) is 23.9 Å². The number of amides is 1. The average Bonchev–Trinajstić information content (AvgIpc) is 2.69. The smallest absolute Gasteiger partial charge is 0.251 e. The zero-order valence-electron chi connectivity index (χ0n) is 15.6. The van der Waals surface area contributed by atoms with Crippen molar-refractivity contribution in [2.45, 2.75) is 19.8 Å². The molecule has 0 bridgehead atoms. The highest BCUT2D eigenvalue weighted by Crippen LogP contribution is 2.33. The molecule has 2 aromatic heterocycles. The molecule has 0 fully saturated rings. The summed E-state index contributed by atoms with van der Waals surface area (Å²) in [4.78, 5) is 20.3. The Kier molecular flexibility index (Phi) is 5.70. The third-order valence-corrected chi connectivity index (χ3v) is 4.34. The Balaban J connectivity index is 1.93. The fourth-order valence-corrected chi connectivity index (χ4v) is 3.01. The first-order chi connectivity index (χ1) is 13.4. The maximum absolute atomic E-state index is 14.7. The van der Waals surface area contributed by atoms with E-state index in [0.717, 1.165) is 0 Å². The number of ether oxygens (including phenoxy) is 2. The van der Waals surface area contributed by atoms with Gasteiger partial charge in [0.25, 0.3) is 5.91 Å². The van der Waals surface area contributed by atoms with Gasteiger partial charge < -0.3 is 9.47 Å². The molecule has 2 heterocycles. The van der Waals surface area contributed by atoms with Gasteiger partial charge in [-0.1, -0.05) is 19.9 Å². The Morgan fingerprint density at radius 3 is 2.64 bits per heavy atom. The first-order valence-corrected chi connectivity index (χ1v) is 8.65. The third kappa shape index (κ3) is 3.86. The zero-order chi connectivity index (χ0) is 20.3. The number of pyridine rings is 2. The minimum Gasteiger partial charge on any atom is -0.481 e. The van der Waals surface area contributed by atoms with Crippen LogP contribution < -0.4 is 15.0 Å². The highest BCUT2D eigenvalue weighted by Gasteiger charge is 2.27. The van der Waals surface area contributed by atoms with Crippen molar-refractivity contribution < 1.29 is 23.9 Å². The van der Waals surface area contributed by atoms with Crippen LogP contribution in [0.25, 0.3) is 11.0 Å². The van der Waals surface area contributed by atoms with Crippen LogP contribution in [0, 0.1) is 11.7 Å². The van der Waals surface area contributed by atoms with Gasteiger partial charge in [-0.15, -0.1) is 0 Å². The van der Waals surface area contributed by atoms with Crippen molar-refractivity contribution in [3.05, 3.63) is 54.0 Å². The van der Waals surface area contributed by atoms with E-state index in [9.17, 15) is 9.18 Å². The summed E-state index contributed by atoms with van der Waals surface area (Å²) in [5.41, 5.74) is 2.21. The number of carbonyl (C=O) groups excluding carboxylic acids is 1. The number of halogens is 1. The van der Waals surface area contributed by atoms with Crippen molar-refractivity contribution >= 4 is 16.9 Å². The standard InChI is InChI=1S/C20H20FN3O4/c1-11(2)18(20(25)24-26)13-5-4-12(10-15(13)21)28-16-8-9-22-19-14(16)6-7-17(23-19)27-3/h4-11,18,26H,1-3H3,(H,24,25). The molecule has 28 heavy (non-hydrogen) atoms. The molecule has 8 heteroatoms. The predicted octanol–water partition coefficient (Wildman–Crippen LogP) is 3.81. The zero-order valence-corrected chi connectivity index (χ0v) is 15.6. The van der Waals surface area contributed by atoms with Gasteiger partial charge in [-0.25, -0.2) is 14.9 Å². The van der Waals surface area contributed by atoms with Crippen LogP contribution in [0.1, 0.15) is 25.3 Å². The van der Waals surface area contributed by atoms with E-state index >= 15 is 0 Å². The molecule has 7 nitrogen and oxygen atoms in total. The van der Waals surface area contributed by atoms with Crippen molar-refractivity contribution in [1.82, 2.24) is 15.4 Å². The van der Waals surface area contributed by atoms with Crippen molar-refractivity contribution in [1.29, 1.82) is 0 Å². The van der Waals surface area contributed by atoms with Gasteiger partial charge in [0.2, 0.25) is 5.88 Å². The summed E-state index contributed by atoms with van der Waals surface area (Å²) >= 11 is 0. The van der Waals surface area contributed by atoms with Crippen LogP contribution in [0.4, 0.5) is 4.39 Å². The maximum Gasteiger partial charge on any atom is 0.251 e. The molecule has 3 aromatic rings. The number of carbonyl (C=O) groups is 1. The summed E-state index contributed by atoms with van der Waals surface area (Å²) in [6, 6.07) is 9.35. The lowest BCUT2D eigenvalue weighted by Crippen LogP contribution is -2.30. The second-order valence-electron chi connectivity index (χ2n) is 6.52. The summed E-state index contributed by atoms with van der Waals surface area (Å²) in [6.07, 6.45) is 1.54. The molecular formula is C20H20FN3O4. The molecule has 3 rings (SSSR count). The summed E-state index contributed by atoms with van der Waals surface area (Å²) < 4.78 is 25.6. The maximum atomic E-state index is 14.7. The number of fused-ring (bicyclic) bond motifs is 1. The van der Waals surface area contributed by atoms with E-state index in [0.29, 0.717) is 22.7 Å². The number of nitrogens with one attached hydrogen (secondary N) is 1. The molecule has 0 spiro atoms. The number of benzene rings is 1. The first kappa shape index (κ1) is 19.5. The van der Waals surface area contributed by atoms with Crippen LogP contribution in [0.15, 0.2) is 42.6 Å². The summed E-state index contributed by atoms with van der Waals surface area (Å²) in [6.45, 7) is 3.54. The minimum absolute atomic E-state index is 0.180. The number of aromatic nitrogens is 2. The lowest BCUT2D eigenvalue weighted by atomic mass is 9.87. The van der Waals surface area contributed by atoms with Crippen molar-refractivity contribution in [3.8, 4) is 17.4 Å². The van der Waals surface area contributed by atoms with Crippen LogP contribution in [-0.4, -0.2) is 28.2 Å². The van der Waals surface area contributed by atoms with Crippen LogP contribution >= 0.6 is 0 Å². The van der Waals surface area contributed by atoms with Gasteiger partial charge in [0.15, 0.2) is 5.65 Å². The Labute approximate surface area is 161 Å². The Morgan fingerprint density at radius 1 is 1.21 bits per heavy atom. The quantitative estimate of drug-likeness (QED) is 0.495. The van der Waals surface area contributed by atoms with Crippen LogP contribution in [-0.2, 0) is 4.79 Å². The molecule has 0 aliphatic rings. The first-order valence-electron chi connectivity index (χ1n) is 8.65. The van der Waals surface area contributed by atoms with E-state index in [2.05, 4.69) is 9.97 Å². The molecule has 0 radical (unpaired) electrons. The fourth-order valence-electron chi connectivity index (χ4n) is 3.01. The SMILES string of the molecule is COc1ccc2c(Oc3ccc(C(C(=O)NO)C(C)C)c(F)c3)ccnc2n1. The summed E-state index contributed by atoms with van der Waals surface area (Å²) in [5, 5.41) is 9.57. The molecule has 0 aliphatic carbocycles. The number of hydroxylamine groups is 1. The monoisotopic (exact) mass is 385 g/mol. The van der Waals surface area contributed by atoms with E-state index in [-0.39, 0.29) is 17.2 Å². The molecule has 0 saturated heterocycles. The highest BCUT2D eigenvalue weighted by molar-refractivity contribution is 5.83. The number of nitrogens with zero attached hydrogens (tertiary/aromatic N) is 2. The molecule has 146 valence electrons. The Bertz CT molecular complexity index is 1010. The molecule has 2 N–H and O–H groups in total. The number of rotatable bonds is 6. The van der Waals surface area contributed by atoms with Gasteiger partial charge in [0.05, 0.1) is 18.4 Å². The highest BCUT2D eigenvalue weighted by atomic mass is 19.1. The topological polar surface area (TPSA) is 93.6 Å². The van der Waals surface area contributed by atoms with E-state index in [1.54, 1.807) is 43.6 Å². The van der Waals surface area contributed by atoms with Gasteiger partial charge in [-0.2, -0.15) is 4.98 Å². The van der Waals surface area contributed by atoms with Crippen molar-refractivity contribution in [3.63, 3.8) is 0 Å². The molecular weight excluding hydrogens is 365 g/mol. The third-order valence-electron chi connectivity index (χ3n) is 4.34. The van der Waals surface area contributed by atoms with Gasteiger partial charge in [0.1, 0.15) is 17.3 Å². The normalized spacial score (nSPS) is 12.1. The van der Waals surface area contributed by atoms with Gasteiger partial charge in [-0.05, 0) is 24.1 Å². The van der Waals surface area contributed by atoms with E-state index in [1.807, 2.05) is 0 Å². The lowest BCUT2D eigenvalue weighted by Gasteiger charge is -2.20. The van der Waals surface area contributed by atoms with Crippen LogP contribution in [0.3, 0.4) is 0 Å².